The maximum atomic E-state index is 12.8. The first kappa shape index (κ1) is 25.0. The summed E-state index contributed by atoms with van der Waals surface area (Å²) in [5.41, 5.74) is 3.23. The van der Waals surface area contributed by atoms with Crippen molar-refractivity contribution in [3.8, 4) is 17.2 Å². The van der Waals surface area contributed by atoms with Gasteiger partial charge in [0.1, 0.15) is 5.75 Å². The number of nitrogens with zero attached hydrogens (tertiary/aromatic N) is 2. The van der Waals surface area contributed by atoms with Crippen molar-refractivity contribution in [3.05, 3.63) is 65.7 Å². The van der Waals surface area contributed by atoms with Gasteiger partial charge in [0.2, 0.25) is 0 Å². The van der Waals surface area contributed by atoms with Crippen LogP contribution in [0.4, 0.5) is 0 Å². The first-order chi connectivity index (χ1) is 17.4. The number of amides is 2. The van der Waals surface area contributed by atoms with E-state index < -0.39 is 5.91 Å². The summed E-state index contributed by atoms with van der Waals surface area (Å²) in [6.07, 6.45) is 4.60. The zero-order valence-corrected chi connectivity index (χ0v) is 20.7. The SMILES string of the molecule is COc1cc(/C=N\NC(=O)c2cc3ccccc3cc2O)ccc1OCC(=O)N1[C@H](C)CCC[C@H]1C. The molecule has 2 N–H and O–H groups in total. The molecule has 0 spiro atoms. The van der Waals surface area contributed by atoms with Gasteiger partial charge in [-0.15, -0.1) is 0 Å². The summed E-state index contributed by atoms with van der Waals surface area (Å²) in [5, 5.41) is 15.9. The van der Waals surface area contributed by atoms with Crippen molar-refractivity contribution < 1.29 is 24.2 Å². The van der Waals surface area contributed by atoms with Crippen molar-refractivity contribution in [1.29, 1.82) is 0 Å². The molecule has 0 unspecified atom stereocenters. The van der Waals surface area contributed by atoms with E-state index in [1.54, 1.807) is 30.3 Å². The van der Waals surface area contributed by atoms with Gasteiger partial charge in [0, 0.05) is 12.1 Å². The minimum absolute atomic E-state index is 0.0398. The Morgan fingerprint density at radius 1 is 1.06 bits per heavy atom. The number of carbonyl (C=O) groups is 2. The molecular weight excluding hydrogens is 458 g/mol. The standard InChI is InChI=1S/C28H31N3O5/c1-18-7-6-8-19(2)31(18)27(33)17-36-25-12-11-20(13-26(25)35-3)16-29-30-28(34)23-14-21-9-4-5-10-22(21)15-24(23)32/h4-5,9-16,18-19,32H,6-8,17H2,1-3H3,(H,30,34)/b29-16-/t18-,19-/m1/s1. The third-order valence-corrected chi connectivity index (χ3v) is 6.51. The maximum absolute atomic E-state index is 12.8. The Morgan fingerprint density at radius 3 is 2.44 bits per heavy atom. The predicted octanol–water partition coefficient (Wildman–Crippen LogP) is 4.49. The highest BCUT2D eigenvalue weighted by atomic mass is 16.5. The van der Waals surface area contributed by atoms with Crippen LogP contribution in [-0.4, -0.2) is 53.8 Å². The summed E-state index contributed by atoms with van der Waals surface area (Å²) in [4.78, 5) is 27.2. The van der Waals surface area contributed by atoms with Gasteiger partial charge in [0.15, 0.2) is 18.1 Å². The molecule has 0 radical (unpaired) electrons. The van der Waals surface area contributed by atoms with Gasteiger partial charge in [0.05, 0.1) is 18.9 Å². The van der Waals surface area contributed by atoms with E-state index in [4.69, 9.17) is 9.47 Å². The molecule has 3 aromatic carbocycles. The van der Waals surface area contributed by atoms with Crippen LogP contribution in [0.25, 0.3) is 10.8 Å². The van der Waals surface area contributed by atoms with Gasteiger partial charge in [-0.3, -0.25) is 9.59 Å². The van der Waals surface area contributed by atoms with Gasteiger partial charge in [-0.05, 0) is 79.8 Å². The lowest BCUT2D eigenvalue weighted by atomic mass is 9.97. The third-order valence-electron chi connectivity index (χ3n) is 6.51. The Kier molecular flexibility index (Phi) is 7.73. The molecule has 1 saturated heterocycles. The largest absolute Gasteiger partial charge is 0.507 e. The summed E-state index contributed by atoms with van der Waals surface area (Å²) < 4.78 is 11.2. The highest BCUT2D eigenvalue weighted by Crippen LogP contribution is 2.29. The number of hydrogen-bond donors (Lipinski definition) is 2. The number of nitrogens with one attached hydrogen (secondary N) is 1. The number of fused-ring (bicyclic) bond motifs is 1. The molecule has 0 aliphatic carbocycles. The Hall–Kier alpha value is -4.07. The van der Waals surface area contributed by atoms with Crippen molar-refractivity contribution in [2.45, 2.75) is 45.2 Å². The molecule has 2 amide bonds. The van der Waals surface area contributed by atoms with E-state index in [9.17, 15) is 14.7 Å². The molecular formula is C28H31N3O5. The molecule has 3 aromatic rings. The number of phenols is 1. The number of phenolic OH excluding ortho intramolecular Hbond substituents is 1. The zero-order valence-electron chi connectivity index (χ0n) is 20.7. The number of carbonyl (C=O) groups excluding carboxylic acids is 2. The first-order valence-corrected chi connectivity index (χ1v) is 12.0. The lowest BCUT2D eigenvalue weighted by molar-refractivity contribution is -0.139. The average Bonchev–Trinajstić information content (AvgIpc) is 2.87. The number of hydrogen-bond acceptors (Lipinski definition) is 6. The predicted molar refractivity (Wildman–Crippen MR) is 139 cm³/mol. The van der Waals surface area contributed by atoms with E-state index in [-0.39, 0.29) is 35.9 Å². The van der Waals surface area contributed by atoms with Gasteiger partial charge in [-0.1, -0.05) is 24.3 Å². The van der Waals surface area contributed by atoms with E-state index in [1.165, 1.54) is 13.3 Å². The van der Waals surface area contributed by atoms with Crippen LogP contribution in [0.1, 0.15) is 49.0 Å². The number of piperidine rings is 1. The Bertz CT molecular complexity index is 1280. The number of rotatable bonds is 7. The smallest absolute Gasteiger partial charge is 0.275 e. The molecule has 0 aromatic heterocycles. The normalized spacial score (nSPS) is 17.8. The van der Waals surface area contributed by atoms with Gasteiger partial charge < -0.3 is 19.5 Å². The summed E-state index contributed by atoms with van der Waals surface area (Å²) in [6, 6.07) is 16.2. The van der Waals surface area contributed by atoms with Crippen LogP contribution in [0.15, 0.2) is 59.7 Å². The molecule has 2 atom stereocenters. The van der Waals surface area contributed by atoms with Crippen LogP contribution in [0, 0.1) is 0 Å². The van der Waals surface area contributed by atoms with Crippen molar-refractivity contribution in [2.75, 3.05) is 13.7 Å². The van der Waals surface area contributed by atoms with Crippen LogP contribution in [0.2, 0.25) is 0 Å². The molecule has 0 saturated carbocycles. The van der Waals surface area contributed by atoms with Gasteiger partial charge >= 0.3 is 0 Å². The molecule has 4 rings (SSSR count). The lowest BCUT2D eigenvalue weighted by Crippen LogP contribution is -2.49. The Balaban J connectivity index is 1.39. The second-order valence-corrected chi connectivity index (χ2v) is 9.04. The second-order valence-electron chi connectivity index (χ2n) is 9.04. The highest BCUT2D eigenvalue weighted by molar-refractivity contribution is 6.01. The lowest BCUT2D eigenvalue weighted by Gasteiger charge is -2.39. The minimum atomic E-state index is -0.527. The quantitative estimate of drug-likeness (QED) is 0.376. The third kappa shape index (κ3) is 5.59. The number of hydrazone groups is 1. The van der Waals surface area contributed by atoms with Gasteiger partial charge in [-0.2, -0.15) is 5.10 Å². The van der Waals surface area contributed by atoms with Crippen molar-refractivity contribution in [3.63, 3.8) is 0 Å². The van der Waals surface area contributed by atoms with Crippen LogP contribution in [0.3, 0.4) is 0 Å². The molecule has 8 nitrogen and oxygen atoms in total. The van der Waals surface area contributed by atoms with Crippen LogP contribution < -0.4 is 14.9 Å². The van der Waals surface area contributed by atoms with Crippen LogP contribution in [0.5, 0.6) is 17.2 Å². The van der Waals surface area contributed by atoms with Crippen molar-refractivity contribution in [1.82, 2.24) is 10.3 Å². The van der Waals surface area contributed by atoms with E-state index in [0.29, 0.717) is 17.1 Å². The van der Waals surface area contributed by atoms with E-state index >= 15 is 0 Å². The molecule has 1 fully saturated rings. The molecule has 1 heterocycles. The maximum Gasteiger partial charge on any atom is 0.275 e. The summed E-state index contributed by atoms with van der Waals surface area (Å²) in [7, 11) is 1.52. The molecule has 1 aliphatic heterocycles. The monoisotopic (exact) mass is 489 g/mol. The molecule has 1 aliphatic rings. The fourth-order valence-electron chi connectivity index (χ4n) is 4.65. The molecule has 188 valence electrons. The van der Waals surface area contributed by atoms with Crippen molar-refractivity contribution >= 4 is 28.8 Å². The number of aromatic hydroxyl groups is 1. The van der Waals surface area contributed by atoms with Crippen LogP contribution in [-0.2, 0) is 4.79 Å². The Labute approximate surface area is 210 Å². The second kappa shape index (κ2) is 11.1. The van der Waals surface area contributed by atoms with E-state index in [1.807, 2.05) is 29.2 Å². The zero-order chi connectivity index (χ0) is 25.7. The van der Waals surface area contributed by atoms with E-state index in [2.05, 4.69) is 24.4 Å². The molecule has 0 bridgehead atoms. The number of ether oxygens (including phenoxy) is 2. The highest BCUT2D eigenvalue weighted by Gasteiger charge is 2.29. The number of likely N-dealkylation sites (tertiary alicyclic amines) is 1. The minimum Gasteiger partial charge on any atom is -0.507 e. The topological polar surface area (TPSA) is 100 Å². The average molecular weight is 490 g/mol. The molecule has 36 heavy (non-hydrogen) atoms. The summed E-state index contributed by atoms with van der Waals surface area (Å²) in [6.45, 7) is 4.08. The fourth-order valence-corrected chi connectivity index (χ4v) is 4.65. The molecule has 8 heteroatoms. The van der Waals surface area contributed by atoms with Crippen LogP contribution >= 0.6 is 0 Å². The summed E-state index contributed by atoms with van der Waals surface area (Å²) in [5.74, 6) is 0.214. The first-order valence-electron chi connectivity index (χ1n) is 12.0. The number of methoxy groups -OCH3 is 1. The van der Waals surface area contributed by atoms with Crippen molar-refractivity contribution in [2.24, 2.45) is 5.10 Å². The van der Waals surface area contributed by atoms with E-state index in [0.717, 1.165) is 30.0 Å². The fraction of sp³-hybridized carbons (Fsp3) is 0.321. The van der Waals surface area contributed by atoms with Gasteiger partial charge in [0.25, 0.3) is 11.8 Å². The Morgan fingerprint density at radius 2 is 1.75 bits per heavy atom. The van der Waals surface area contributed by atoms with Gasteiger partial charge in [-0.25, -0.2) is 5.43 Å². The number of benzene rings is 3. The summed E-state index contributed by atoms with van der Waals surface area (Å²) >= 11 is 0.